The van der Waals surface area contributed by atoms with Gasteiger partial charge in [0, 0.05) is 52.6 Å². The van der Waals surface area contributed by atoms with Crippen LogP contribution in [0.2, 0.25) is 5.02 Å². The third-order valence-corrected chi connectivity index (χ3v) is 7.68. The maximum Gasteiger partial charge on any atom is 0.331 e. The van der Waals surface area contributed by atoms with Crippen molar-refractivity contribution < 1.29 is 4.74 Å². The average molecular weight is 511 g/mol. The summed E-state index contributed by atoms with van der Waals surface area (Å²) >= 11 is 8.02. The molecule has 0 radical (unpaired) electrons. The first-order valence-corrected chi connectivity index (χ1v) is 13.0. The summed E-state index contributed by atoms with van der Waals surface area (Å²) in [5.41, 5.74) is 3.06. The number of piperidine rings is 1. The van der Waals surface area contributed by atoms with Crippen molar-refractivity contribution in [1.29, 1.82) is 0 Å². The molecule has 5 rings (SSSR count). The fourth-order valence-electron chi connectivity index (χ4n) is 4.55. The van der Waals surface area contributed by atoms with Gasteiger partial charge in [0.1, 0.15) is 11.9 Å². The molecule has 0 aliphatic carbocycles. The summed E-state index contributed by atoms with van der Waals surface area (Å²) in [6, 6.07) is 9.21. The Morgan fingerprint density at radius 2 is 2.09 bits per heavy atom. The van der Waals surface area contributed by atoms with E-state index in [1.165, 1.54) is 32.7 Å². The number of aryl methyl sites for hydroxylation is 2. The molecule has 1 N–H and O–H groups in total. The molecule has 3 aromatic heterocycles. The number of nitrogens with one attached hydrogen (secondary N) is 1. The van der Waals surface area contributed by atoms with Gasteiger partial charge < -0.3 is 14.6 Å². The van der Waals surface area contributed by atoms with E-state index >= 15 is 0 Å². The Kier molecular flexibility index (Phi) is 6.77. The highest BCUT2D eigenvalue weighted by Gasteiger charge is 2.21. The first-order valence-electron chi connectivity index (χ1n) is 11.8. The smallest absolute Gasteiger partial charge is 0.331 e. The predicted octanol–water partition coefficient (Wildman–Crippen LogP) is 4.45. The number of fused-ring (bicyclic) bond motifs is 1. The Bertz CT molecular complexity index is 1500. The molecule has 1 aromatic carbocycles. The van der Waals surface area contributed by atoms with E-state index in [1.54, 1.807) is 6.20 Å². The van der Waals surface area contributed by atoms with Gasteiger partial charge in [-0.15, -0.1) is 11.3 Å². The van der Waals surface area contributed by atoms with Crippen LogP contribution in [0.5, 0.6) is 5.75 Å². The molecule has 1 aliphatic rings. The van der Waals surface area contributed by atoms with Gasteiger partial charge in [0.05, 0.1) is 16.8 Å². The first kappa shape index (κ1) is 23.8. The molecule has 1 saturated heterocycles. The Morgan fingerprint density at radius 3 is 2.86 bits per heavy atom. The van der Waals surface area contributed by atoms with E-state index in [0.717, 1.165) is 63.5 Å². The normalized spacial score (nSPS) is 16.0. The van der Waals surface area contributed by atoms with Crippen molar-refractivity contribution in [3.05, 3.63) is 79.0 Å². The van der Waals surface area contributed by atoms with E-state index < -0.39 is 0 Å². The van der Waals surface area contributed by atoms with Crippen LogP contribution in [0.25, 0.3) is 21.3 Å². The number of hydrogen-bond acceptors (Lipinski definition) is 6. The van der Waals surface area contributed by atoms with E-state index in [4.69, 9.17) is 16.3 Å². The number of rotatable bonds is 6. The molecule has 9 heteroatoms. The highest BCUT2D eigenvalue weighted by atomic mass is 35.5. The SMILES string of the molecule is CCn1ccc(=O)n(Cc2cc3nccc(-c4cc(Cl)cc(C)c4O[C@H]4CCCNC4)c3s2)c1=O. The Labute approximate surface area is 212 Å². The zero-order valence-electron chi connectivity index (χ0n) is 19.7. The summed E-state index contributed by atoms with van der Waals surface area (Å²) in [5, 5.41) is 4.05. The summed E-state index contributed by atoms with van der Waals surface area (Å²) in [4.78, 5) is 30.6. The van der Waals surface area contributed by atoms with Crippen molar-refractivity contribution in [3.8, 4) is 16.9 Å². The summed E-state index contributed by atoms with van der Waals surface area (Å²) in [6.45, 7) is 6.43. The third-order valence-electron chi connectivity index (χ3n) is 6.32. The summed E-state index contributed by atoms with van der Waals surface area (Å²) in [5.74, 6) is 0.829. The summed E-state index contributed by atoms with van der Waals surface area (Å²) < 4.78 is 10.3. The lowest BCUT2D eigenvalue weighted by Crippen LogP contribution is -2.38. The molecule has 4 aromatic rings. The molecule has 0 saturated carbocycles. The van der Waals surface area contributed by atoms with Gasteiger partial charge in [-0.3, -0.25) is 14.3 Å². The molecule has 0 unspecified atom stereocenters. The number of aromatic nitrogens is 3. The second-order valence-corrected chi connectivity index (χ2v) is 10.4. The number of thiophene rings is 1. The number of pyridine rings is 1. The van der Waals surface area contributed by atoms with Gasteiger partial charge in [0.15, 0.2) is 0 Å². The molecule has 4 heterocycles. The number of nitrogens with zero attached hydrogens (tertiary/aromatic N) is 3. The standard InChI is InChI=1S/C26H27ClN4O3S/c1-3-30-10-7-23(32)31(26(30)33)15-19-13-22-25(35-19)20(6-9-29-22)21-12-17(27)11-16(2)24(21)34-18-5-4-8-28-14-18/h6-7,9-13,18,28H,3-5,8,14-15H2,1-2H3/t18-/m0/s1. The van der Waals surface area contributed by atoms with Gasteiger partial charge in [0.2, 0.25) is 0 Å². The van der Waals surface area contributed by atoms with Gasteiger partial charge in [0.25, 0.3) is 5.56 Å². The lowest BCUT2D eigenvalue weighted by Gasteiger charge is -2.26. The molecular weight excluding hydrogens is 484 g/mol. The van der Waals surface area contributed by atoms with Gasteiger partial charge >= 0.3 is 5.69 Å². The monoisotopic (exact) mass is 510 g/mol. The van der Waals surface area contributed by atoms with Crippen LogP contribution in [0.1, 0.15) is 30.2 Å². The van der Waals surface area contributed by atoms with Gasteiger partial charge in [-0.1, -0.05) is 11.6 Å². The second-order valence-electron chi connectivity index (χ2n) is 8.78. The lowest BCUT2D eigenvalue weighted by atomic mass is 10.0. The molecule has 1 atom stereocenters. The number of benzene rings is 1. The van der Waals surface area contributed by atoms with Gasteiger partial charge in [-0.25, -0.2) is 4.79 Å². The molecule has 182 valence electrons. The van der Waals surface area contributed by atoms with E-state index in [-0.39, 0.29) is 23.9 Å². The van der Waals surface area contributed by atoms with E-state index in [2.05, 4.69) is 10.3 Å². The Morgan fingerprint density at radius 1 is 1.23 bits per heavy atom. The number of hydrogen-bond donors (Lipinski definition) is 1. The molecule has 0 amide bonds. The van der Waals surface area contributed by atoms with E-state index in [1.807, 2.05) is 38.1 Å². The quantitative estimate of drug-likeness (QED) is 0.414. The summed E-state index contributed by atoms with van der Waals surface area (Å²) in [6.07, 6.45) is 5.50. The van der Waals surface area contributed by atoms with Crippen molar-refractivity contribution in [2.45, 2.75) is 45.9 Å². The van der Waals surface area contributed by atoms with Crippen molar-refractivity contribution in [3.63, 3.8) is 0 Å². The molecule has 35 heavy (non-hydrogen) atoms. The van der Waals surface area contributed by atoms with E-state index in [0.29, 0.717) is 11.6 Å². The van der Waals surface area contributed by atoms with Crippen LogP contribution in [0.3, 0.4) is 0 Å². The first-order chi connectivity index (χ1) is 16.9. The van der Waals surface area contributed by atoms with Crippen LogP contribution in [0.15, 0.2) is 52.3 Å². The maximum absolute atomic E-state index is 12.7. The minimum atomic E-state index is -0.312. The van der Waals surface area contributed by atoms with E-state index in [9.17, 15) is 9.59 Å². The molecule has 0 spiro atoms. The molecule has 7 nitrogen and oxygen atoms in total. The second kappa shape index (κ2) is 9.97. The zero-order valence-corrected chi connectivity index (χ0v) is 21.3. The minimum Gasteiger partial charge on any atom is -0.488 e. The van der Waals surface area contributed by atoms with Gasteiger partial charge in [-0.2, -0.15) is 0 Å². The van der Waals surface area contributed by atoms with Crippen molar-refractivity contribution in [1.82, 2.24) is 19.4 Å². The fourth-order valence-corrected chi connectivity index (χ4v) is 5.95. The topological polar surface area (TPSA) is 78.2 Å². The number of halogens is 1. The van der Waals surface area contributed by atoms with Gasteiger partial charge in [-0.05, 0) is 63.1 Å². The van der Waals surface area contributed by atoms with Crippen LogP contribution < -0.4 is 21.3 Å². The predicted molar refractivity (Wildman–Crippen MR) is 141 cm³/mol. The van der Waals surface area contributed by atoms with Crippen LogP contribution >= 0.6 is 22.9 Å². The largest absolute Gasteiger partial charge is 0.488 e. The lowest BCUT2D eigenvalue weighted by molar-refractivity contribution is 0.167. The molecular formula is C26H27ClN4O3S. The minimum absolute atomic E-state index is 0.101. The third kappa shape index (κ3) is 4.78. The molecule has 1 aliphatic heterocycles. The molecule has 0 bridgehead atoms. The van der Waals surface area contributed by atoms with Crippen molar-refractivity contribution >= 4 is 33.2 Å². The van der Waals surface area contributed by atoms with Crippen molar-refractivity contribution in [2.75, 3.05) is 13.1 Å². The van der Waals surface area contributed by atoms with Crippen LogP contribution in [-0.4, -0.2) is 33.3 Å². The van der Waals surface area contributed by atoms with Crippen LogP contribution in [-0.2, 0) is 13.1 Å². The summed E-state index contributed by atoms with van der Waals surface area (Å²) in [7, 11) is 0. The highest BCUT2D eigenvalue weighted by Crippen LogP contribution is 2.42. The van der Waals surface area contributed by atoms with Crippen LogP contribution in [0, 0.1) is 6.92 Å². The van der Waals surface area contributed by atoms with Crippen LogP contribution in [0.4, 0.5) is 0 Å². The zero-order chi connectivity index (χ0) is 24.5. The average Bonchev–Trinajstić information content (AvgIpc) is 3.27. The number of ether oxygens (including phenoxy) is 1. The Balaban J connectivity index is 1.58. The maximum atomic E-state index is 12.7. The van der Waals surface area contributed by atoms with Crippen molar-refractivity contribution in [2.24, 2.45) is 0 Å². The fraction of sp³-hybridized carbons (Fsp3) is 0.346. The Hall–Kier alpha value is -2.94. The molecule has 1 fully saturated rings. The highest BCUT2D eigenvalue weighted by molar-refractivity contribution is 7.19.